The molecule has 0 unspecified atom stereocenters. The van der Waals surface area contributed by atoms with Gasteiger partial charge < -0.3 is 5.32 Å². The van der Waals surface area contributed by atoms with Gasteiger partial charge in [0, 0.05) is 17.7 Å². The van der Waals surface area contributed by atoms with E-state index in [0.717, 1.165) is 12.8 Å². The molecule has 3 rings (SSSR count). The molecule has 3 aromatic rings. The van der Waals surface area contributed by atoms with Crippen LogP contribution in [0, 0.1) is 6.92 Å². The Hall–Kier alpha value is -2.13. The Bertz CT molecular complexity index is 789. The van der Waals surface area contributed by atoms with Crippen molar-refractivity contribution in [2.75, 3.05) is 6.54 Å². The van der Waals surface area contributed by atoms with E-state index in [2.05, 4.69) is 66.2 Å². The van der Waals surface area contributed by atoms with Crippen molar-refractivity contribution in [3.8, 4) is 0 Å². The lowest BCUT2D eigenvalue weighted by atomic mass is 10.1. The van der Waals surface area contributed by atoms with Crippen LogP contribution in [0.25, 0.3) is 10.1 Å². The van der Waals surface area contributed by atoms with Crippen molar-refractivity contribution in [1.29, 1.82) is 0 Å². The monoisotopic (exact) mass is 323 g/mol. The number of rotatable bonds is 6. The molecule has 3 heteroatoms. The van der Waals surface area contributed by atoms with Gasteiger partial charge in [-0.3, -0.25) is 4.79 Å². The fraction of sp³-hybridized carbons (Fsp3) is 0.250. The smallest absolute Gasteiger partial charge is 0.220 e. The number of thiophene rings is 1. The van der Waals surface area contributed by atoms with E-state index in [0.29, 0.717) is 13.0 Å². The molecule has 23 heavy (non-hydrogen) atoms. The van der Waals surface area contributed by atoms with E-state index in [1.807, 2.05) is 0 Å². The molecular formula is C20H21NOS. The van der Waals surface area contributed by atoms with E-state index >= 15 is 0 Å². The highest BCUT2D eigenvalue weighted by Crippen LogP contribution is 2.25. The highest BCUT2D eigenvalue weighted by Gasteiger charge is 2.05. The second-order valence-corrected chi connectivity index (χ2v) is 6.75. The van der Waals surface area contributed by atoms with Crippen LogP contribution in [0.15, 0.2) is 53.9 Å². The van der Waals surface area contributed by atoms with Crippen LogP contribution in [0.3, 0.4) is 0 Å². The fourth-order valence-electron chi connectivity index (χ4n) is 2.66. The van der Waals surface area contributed by atoms with Gasteiger partial charge >= 0.3 is 0 Å². The van der Waals surface area contributed by atoms with Crippen LogP contribution in [-0.4, -0.2) is 12.5 Å². The van der Waals surface area contributed by atoms with Crippen LogP contribution in [-0.2, 0) is 17.6 Å². The summed E-state index contributed by atoms with van der Waals surface area (Å²) in [6.07, 6.45) is 2.24. The molecule has 0 saturated heterocycles. The van der Waals surface area contributed by atoms with Crippen molar-refractivity contribution >= 4 is 27.3 Å². The maximum atomic E-state index is 12.0. The molecule has 1 aromatic heterocycles. The molecule has 0 saturated carbocycles. The van der Waals surface area contributed by atoms with E-state index in [1.54, 1.807) is 11.3 Å². The first-order chi connectivity index (χ1) is 11.2. The van der Waals surface area contributed by atoms with Crippen molar-refractivity contribution in [3.05, 3.63) is 70.6 Å². The Morgan fingerprint density at radius 3 is 2.65 bits per heavy atom. The summed E-state index contributed by atoms with van der Waals surface area (Å²) in [6.45, 7) is 2.78. The van der Waals surface area contributed by atoms with E-state index in [1.165, 1.54) is 26.8 Å². The lowest BCUT2D eigenvalue weighted by Crippen LogP contribution is -2.25. The Kier molecular flexibility index (Phi) is 5.09. The maximum Gasteiger partial charge on any atom is 0.220 e. The van der Waals surface area contributed by atoms with Crippen molar-refractivity contribution in [1.82, 2.24) is 5.32 Å². The van der Waals surface area contributed by atoms with Gasteiger partial charge in [0.05, 0.1) is 0 Å². The first kappa shape index (κ1) is 15.8. The van der Waals surface area contributed by atoms with Gasteiger partial charge in [0.15, 0.2) is 0 Å². The lowest BCUT2D eigenvalue weighted by Gasteiger charge is -2.05. The zero-order chi connectivity index (χ0) is 16.1. The molecule has 0 fully saturated rings. The molecular weight excluding hydrogens is 302 g/mol. The standard InChI is InChI=1S/C20H21NOS/c1-15-6-8-16(9-7-15)10-11-20(22)21-13-12-17-14-23-19-5-3-2-4-18(17)19/h2-9,14H,10-13H2,1H3,(H,21,22). The molecule has 0 aliphatic carbocycles. The minimum atomic E-state index is 0.130. The highest BCUT2D eigenvalue weighted by molar-refractivity contribution is 7.17. The molecule has 0 bridgehead atoms. The van der Waals surface area contributed by atoms with Crippen LogP contribution in [0.5, 0.6) is 0 Å². The highest BCUT2D eigenvalue weighted by atomic mass is 32.1. The largest absolute Gasteiger partial charge is 0.356 e. The van der Waals surface area contributed by atoms with Crippen LogP contribution in [0.4, 0.5) is 0 Å². The lowest BCUT2D eigenvalue weighted by molar-refractivity contribution is -0.121. The Labute approximate surface area is 141 Å². The molecule has 1 N–H and O–H groups in total. The van der Waals surface area contributed by atoms with Gasteiger partial charge in [0.2, 0.25) is 5.91 Å². The fourth-order valence-corrected chi connectivity index (χ4v) is 3.66. The Morgan fingerprint density at radius 1 is 1.04 bits per heavy atom. The predicted molar refractivity (Wildman–Crippen MR) is 98.0 cm³/mol. The van der Waals surface area contributed by atoms with Gasteiger partial charge in [-0.1, -0.05) is 48.0 Å². The van der Waals surface area contributed by atoms with E-state index < -0.39 is 0 Å². The molecule has 2 nitrogen and oxygen atoms in total. The average Bonchev–Trinajstić information content (AvgIpc) is 2.98. The quantitative estimate of drug-likeness (QED) is 0.711. The third-order valence-electron chi connectivity index (χ3n) is 4.04. The molecule has 1 heterocycles. The number of carbonyl (C=O) groups excluding carboxylic acids is 1. The summed E-state index contributed by atoms with van der Waals surface area (Å²) in [7, 11) is 0. The molecule has 0 atom stereocenters. The van der Waals surface area contributed by atoms with Gasteiger partial charge in [-0.25, -0.2) is 0 Å². The van der Waals surface area contributed by atoms with Crippen molar-refractivity contribution in [3.63, 3.8) is 0 Å². The molecule has 118 valence electrons. The second kappa shape index (κ2) is 7.42. The van der Waals surface area contributed by atoms with Crippen LogP contribution in [0.1, 0.15) is 23.1 Å². The van der Waals surface area contributed by atoms with Gasteiger partial charge in [-0.15, -0.1) is 11.3 Å². The van der Waals surface area contributed by atoms with Gasteiger partial charge in [0.25, 0.3) is 0 Å². The number of hydrogen-bond acceptors (Lipinski definition) is 2. The normalized spacial score (nSPS) is 10.8. The summed E-state index contributed by atoms with van der Waals surface area (Å²) in [5.74, 6) is 0.130. The summed E-state index contributed by atoms with van der Waals surface area (Å²) in [5.41, 5.74) is 3.79. The summed E-state index contributed by atoms with van der Waals surface area (Å²) in [4.78, 5) is 12.0. The first-order valence-corrected chi connectivity index (χ1v) is 8.88. The van der Waals surface area contributed by atoms with Crippen LogP contribution in [0.2, 0.25) is 0 Å². The first-order valence-electron chi connectivity index (χ1n) is 8.00. The molecule has 0 spiro atoms. The van der Waals surface area contributed by atoms with Crippen LogP contribution >= 0.6 is 11.3 Å². The third kappa shape index (κ3) is 4.20. The molecule has 0 aliphatic heterocycles. The zero-order valence-electron chi connectivity index (χ0n) is 13.3. The summed E-state index contributed by atoms with van der Waals surface area (Å²) < 4.78 is 1.31. The minimum absolute atomic E-state index is 0.130. The van der Waals surface area contributed by atoms with Gasteiger partial charge in [0.1, 0.15) is 0 Å². The van der Waals surface area contributed by atoms with Crippen molar-refractivity contribution < 1.29 is 4.79 Å². The van der Waals surface area contributed by atoms with E-state index in [9.17, 15) is 4.79 Å². The second-order valence-electron chi connectivity index (χ2n) is 5.84. The minimum Gasteiger partial charge on any atom is -0.356 e. The topological polar surface area (TPSA) is 29.1 Å². The van der Waals surface area contributed by atoms with E-state index in [4.69, 9.17) is 0 Å². The number of fused-ring (bicyclic) bond motifs is 1. The molecule has 1 amide bonds. The number of amides is 1. The number of carbonyl (C=O) groups is 1. The predicted octanol–water partition coefficient (Wildman–Crippen LogP) is 4.50. The average molecular weight is 323 g/mol. The van der Waals surface area contributed by atoms with Gasteiger partial charge in [-0.05, 0) is 47.7 Å². The van der Waals surface area contributed by atoms with Crippen LogP contribution < -0.4 is 5.32 Å². The van der Waals surface area contributed by atoms with Crippen molar-refractivity contribution in [2.45, 2.75) is 26.2 Å². The third-order valence-corrected chi connectivity index (χ3v) is 5.05. The molecule has 0 radical (unpaired) electrons. The summed E-state index contributed by atoms with van der Waals surface area (Å²) >= 11 is 1.77. The molecule has 2 aromatic carbocycles. The van der Waals surface area contributed by atoms with Crippen molar-refractivity contribution in [2.24, 2.45) is 0 Å². The summed E-state index contributed by atoms with van der Waals surface area (Å²) in [6, 6.07) is 16.8. The SMILES string of the molecule is Cc1ccc(CCC(=O)NCCc2csc3ccccc23)cc1. The van der Waals surface area contributed by atoms with E-state index in [-0.39, 0.29) is 5.91 Å². The molecule has 0 aliphatic rings. The summed E-state index contributed by atoms with van der Waals surface area (Å²) in [5, 5.41) is 6.54. The maximum absolute atomic E-state index is 12.0. The van der Waals surface area contributed by atoms with Gasteiger partial charge in [-0.2, -0.15) is 0 Å². The number of nitrogens with one attached hydrogen (secondary N) is 1. The number of benzene rings is 2. The Morgan fingerprint density at radius 2 is 1.83 bits per heavy atom. The number of aryl methyl sites for hydroxylation is 2. The number of hydrogen-bond donors (Lipinski definition) is 1. The zero-order valence-corrected chi connectivity index (χ0v) is 14.2. The Balaban J connectivity index is 1.45.